The molecule has 4 aromatic rings. The van der Waals surface area contributed by atoms with Crippen molar-refractivity contribution in [3.63, 3.8) is 0 Å². The summed E-state index contributed by atoms with van der Waals surface area (Å²) in [4.78, 5) is 25.7. The maximum Gasteiger partial charge on any atom is 0.450 e. The van der Waals surface area contributed by atoms with Crippen molar-refractivity contribution in [2.24, 2.45) is 0 Å². The van der Waals surface area contributed by atoms with Crippen molar-refractivity contribution < 1.29 is 46.1 Å². The molecule has 0 aliphatic rings. The first-order valence-corrected chi connectivity index (χ1v) is 11.6. The molecule has 11 heteroatoms. The van der Waals surface area contributed by atoms with Gasteiger partial charge in [-0.05, 0) is 53.6 Å². The molecular formula is C29H23F3O8. The van der Waals surface area contributed by atoms with Gasteiger partial charge in [-0.3, -0.25) is 4.79 Å². The normalized spacial score (nSPS) is 11.5. The van der Waals surface area contributed by atoms with Crippen LogP contribution in [0.1, 0.15) is 11.3 Å². The molecule has 40 heavy (non-hydrogen) atoms. The van der Waals surface area contributed by atoms with E-state index in [-0.39, 0.29) is 28.2 Å². The summed E-state index contributed by atoms with van der Waals surface area (Å²) in [5.41, 5.74) is -1.49. The van der Waals surface area contributed by atoms with Crippen LogP contribution in [0.25, 0.3) is 28.2 Å². The number of hydrogen-bond donors (Lipinski definition) is 0. The molecule has 1 heterocycles. The highest BCUT2D eigenvalue weighted by molar-refractivity contribution is 5.90. The molecule has 0 radical (unpaired) electrons. The summed E-state index contributed by atoms with van der Waals surface area (Å²) >= 11 is 0. The SMILES string of the molecule is COc1ccc(/C=C/C(=O)Oc2ccc3c(=O)c(-c4ccc(OC)c(OC)c4)c(C(F)(F)F)oc3c2)cc1OC. The lowest BCUT2D eigenvalue weighted by Crippen LogP contribution is -2.16. The Balaban J connectivity index is 1.69. The molecule has 4 rings (SSSR count). The average Bonchev–Trinajstić information content (AvgIpc) is 2.94. The van der Waals surface area contributed by atoms with E-state index in [2.05, 4.69) is 0 Å². The highest BCUT2D eigenvalue weighted by atomic mass is 19.4. The second-order valence-electron chi connectivity index (χ2n) is 8.23. The van der Waals surface area contributed by atoms with Gasteiger partial charge in [0.15, 0.2) is 23.0 Å². The Hall–Kier alpha value is -4.93. The van der Waals surface area contributed by atoms with Crippen LogP contribution < -0.4 is 29.1 Å². The number of esters is 1. The lowest BCUT2D eigenvalue weighted by atomic mass is 10.0. The molecule has 0 N–H and O–H groups in total. The third kappa shape index (κ3) is 5.73. The number of carbonyl (C=O) groups excluding carboxylic acids is 1. The molecule has 0 aliphatic carbocycles. The number of alkyl halides is 3. The Bertz CT molecular complexity index is 1650. The number of hydrogen-bond acceptors (Lipinski definition) is 8. The van der Waals surface area contributed by atoms with Crippen LogP contribution in [0.4, 0.5) is 13.2 Å². The summed E-state index contributed by atoms with van der Waals surface area (Å²) in [6.45, 7) is 0. The first kappa shape index (κ1) is 28.1. The number of fused-ring (bicyclic) bond motifs is 1. The van der Waals surface area contributed by atoms with Gasteiger partial charge in [0.25, 0.3) is 0 Å². The molecule has 3 aromatic carbocycles. The van der Waals surface area contributed by atoms with Crippen LogP contribution in [-0.2, 0) is 11.0 Å². The van der Waals surface area contributed by atoms with Crippen molar-refractivity contribution in [1.82, 2.24) is 0 Å². The standard InChI is InChI=1S/C29H23F3O8/c1-35-20-10-5-16(13-23(20)37-3)6-12-25(33)39-18-8-9-19-22(15-18)40-28(29(30,31)32)26(27(19)34)17-7-11-21(36-2)24(14-17)38-4/h5-15H,1-4H3/b12-6+. The second-order valence-corrected chi connectivity index (χ2v) is 8.23. The zero-order chi connectivity index (χ0) is 29.0. The summed E-state index contributed by atoms with van der Waals surface area (Å²) in [6.07, 6.45) is -2.42. The molecule has 0 bridgehead atoms. The van der Waals surface area contributed by atoms with E-state index in [1.165, 1.54) is 64.8 Å². The van der Waals surface area contributed by atoms with E-state index in [0.29, 0.717) is 17.1 Å². The highest BCUT2D eigenvalue weighted by Gasteiger charge is 2.39. The van der Waals surface area contributed by atoms with Crippen molar-refractivity contribution in [2.75, 3.05) is 28.4 Å². The Kier molecular flexibility index (Phi) is 8.03. The largest absolute Gasteiger partial charge is 0.493 e. The van der Waals surface area contributed by atoms with Gasteiger partial charge in [0.05, 0.1) is 39.4 Å². The van der Waals surface area contributed by atoms with E-state index in [4.69, 9.17) is 28.1 Å². The zero-order valence-electron chi connectivity index (χ0n) is 21.8. The van der Waals surface area contributed by atoms with Gasteiger partial charge >= 0.3 is 12.1 Å². The van der Waals surface area contributed by atoms with E-state index in [0.717, 1.165) is 12.1 Å². The predicted octanol–water partition coefficient (Wildman–Crippen LogP) is 6.13. The summed E-state index contributed by atoms with van der Waals surface area (Å²) in [5.74, 6) is -1.07. The maximum atomic E-state index is 14.0. The topological polar surface area (TPSA) is 93.4 Å². The lowest BCUT2D eigenvalue weighted by Gasteiger charge is -2.14. The van der Waals surface area contributed by atoms with Gasteiger partial charge < -0.3 is 28.1 Å². The monoisotopic (exact) mass is 556 g/mol. The van der Waals surface area contributed by atoms with E-state index >= 15 is 0 Å². The zero-order valence-corrected chi connectivity index (χ0v) is 21.8. The molecule has 0 saturated carbocycles. The minimum atomic E-state index is -5.01. The van der Waals surface area contributed by atoms with Gasteiger partial charge in [-0.1, -0.05) is 12.1 Å². The minimum Gasteiger partial charge on any atom is -0.493 e. The van der Waals surface area contributed by atoms with Gasteiger partial charge in [-0.15, -0.1) is 0 Å². The molecule has 0 atom stereocenters. The van der Waals surface area contributed by atoms with Gasteiger partial charge in [0.2, 0.25) is 11.2 Å². The molecule has 0 unspecified atom stereocenters. The summed E-state index contributed by atoms with van der Waals surface area (Å²) in [6, 6.07) is 12.5. The number of benzene rings is 3. The summed E-state index contributed by atoms with van der Waals surface area (Å²) < 4.78 is 73.2. The third-order valence-corrected chi connectivity index (χ3v) is 5.83. The van der Waals surface area contributed by atoms with Gasteiger partial charge in [-0.25, -0.2) is 4.79 Å². The van der Waals surface area contributed by atoms with Crippen molar-refractivity contribution in [3.05, 3.63) is 82.2 Å². The smallest absolute Gasteiger partial charge is 0.450 e. The third-order valence-electron chi connectivity index (χ3n) is 5.83. The van der Waals surface area contributed by atoms with Crippen LogP contribution in [0.15, 0.2) is 69.9 Å². The van der Waals surface area contributed by atoms with Crippen molar-refractivity contribution in [3.8, 4) is 39.9 Å². The second kappa shape index (κ2) is 11.4. The van der Waals surface area contributed by atoms with Crippen molar-refractivity contribution in [2.45, 2.75) is 6.18 Å². The fourth-order valence-corrected chi connectivity index (χ4v) is 3.96. The van der Waals surface area contributed by atoms with Crippen molar-refractivity contribution >= 4 is 23.0 Å². The number of rotatable bonds is 8. The fraction of sp³-hybridized carbons (Fsp3) is 0.172. The quantitative estimate of drug-likeness (QED) is 0.145. The lowest BCUT2D eigenvalue weighted by molar-refractivity contribution is -0.152. The molecular weight excluding hydrogens is 533 g/mol. The first-order chi connectivity index (χ1) is 19.1. The number of halogens is 3. The Morgan fingerprint density at radius 2 is 1.43 bits per heavy atom. The number of carbonyl (C=O) groups is 1. The maximum absolute atomic E-state index is 14.0. The molecule has 0 spiro atoms. The van der Waals surface area contributed by atoms with E-state index in [1.54, 1.807) is 18.2 Å². The van der Waals surface area contributed by atoms with E-state index in [9.17, 15) is 22.8 Å². The van der Waals surface area contributed by atoms with Crippen molar-refractivity contribution in [1.29, 1.82) is 0 Å². The Morgan fingerprint density at radius 1 is 0.800 bits per heavy atom. The predicted molar refractivity (Wildman–Crippen MR) is 140 cm³/mol. The molecule has 1 aromatic heterocycles. The Labute approximate surface area is 226 Å². The van der Waals surface area contributed by atoms with E-state index < -0.39 is 34.5 Å². The van der Waals surface area contributed by atoms with Crippen LogP contribution in [0.5, 0.6) is 28.7 Å². The molecule has 0 aliphatic heterocycles. The first-order valence-electron chi connectivity index (χ1n) is 11.6. The highest BCUT2D eigenvalue weighted by Crippen LogP contribution is 2.40. The fourth-order valence-electron chi connectivity index (χ4n) is 3.96. The van der Waals surface area contributed by atoms with Gasteiger partial charge in [0.1, 0.15) is 11.3 Å². The molecule has 208 valence electrons. The average molecular weight is 556 g/mol. The van der Waals surface area contributed by atoms with Crippen LogP contribution in [0.3, 0.4) is 0 Å². The molecule has 0 amide bonds. The number of methoxy groups -OCH3 is 4. The Morgan fingerprint density at radius 3 is 2.05 bits per heavy atom. The van der Waals surface area contributed by atoms with Crippen LogP contribution in [-0.4, -0.2) is 34.4 Å². The molecule has 8 nitrogen and oxygen atoms in total. The van der Waals surface area contributed by atoms with Crippen LogP contribution >= 0.6 is 0 Å². The van der Waals surface area contributed by atoms with E-state index in [1.807, 2.05) is 0 Å². The molecule has 0 saturated heterocycles. The van der Waals surface area contributed by atoms with Crippen LogP contribution in [0, 0.1) is 0 Å². The van der Waals surface area contributed by atoms with Gasteiger partial charge in [-0.2, -0.15) is 13.2 Å². The summed E-state index contributed by atoms with van der Waals surface area (Å²) in [5, 5.41) is -0.140. The molecule has 0 fully saturated rings. The summed E-state index contributed by atoms with van der Waals surface area (Å²) in [7, 11) is 5.66. The number of ether oxygens (including phenoxy) is 5. The minimum absolute atomic E-state index is 0.0728. The van der Waals surface area contributed by atoms with Gasteiger partial charge in [0, 0.05) is 12.1 Å². The van der Waals surface area contributed by atoms with Crippen LogP contribution in [0.2, 0.25) is 0 Å².